The normalized spacial score (nSPS) is 18.0. The Hall–Kier alpha value is -1.89. The van der Waals surface area contributed by atoms with Gasteiger partial charge in [-0.1, -0.05) is 12.1 Å². The van der Waals surface area contributed by atoms with Gasteiger partial charge in [-0.2, -0.15) is 5.10 Å². The number of carbonyl (C=O) groups excluding carboxylic acids is 1. The molecule has 1 heterocycles. The molecule has 1 aromatic rings. The van der Waals surface area contributed by atoms with Gasteiger partial charge in [-0.3, -0.25) is 9.80 Å². The van der Waals surface area contributed by atoms with Gasteiger partial charge in [0.15, 0.2) is 9.84 Å². The topological polar surface area (TPSA) is 70.1 Å². The van der Waals surface area contributed by atoms with E-state index in [-0.39, 0.29) is 11.9 Å². The number of hydrazone groups is 1. The molecule has 1 atom stereocenters. The first kappa shape index (κ1) is 20.4. The molecule has 0 saturated heterocycles. The molecule has 7 heteroatoms. The van der Waals surface area contributed by atoms with Gasteiger partial charge in [0, 0.05) is 32.8 Å². The number of amides is 1. The summed E-state index contributed by atoms with van der Waals surface area (Å²) in [6, 6.07) is 6.66. The van der Waals surface area contributed by atoms with E-state index in [4.69, 9.17) is 0 Å². The van der Waals surface area contributed by atoms with Crippen molar-refractivity contribution in [2.45, 2.75) is 56.2 Å². The van der Waals surface area contributed by atoms with E-state index >= 15 is 0 Å². The maximum Gasteiger partial charge on any atom is 0.247 e. The average Bonchev–Trinajstić information content (AvgIpc) is 2.90. The van der Waals surface area contributed by atoms with Crippen LogP contribution in [0.2, 0.25) is 0 Å². The number of nitrogens with zero attached hydrogens (tertiary/aromatic N) is 3. The highest BCUT2D eigenvalue weighted by Gasteiger charge is 2.37. The van der Waals surface area contributed by atoms with Gasteiger partial charge in [0.25, 0.3) is 0 Å². The lowest BCUT2D eigenvalue weighted by Gasteiger charge is -2.29. The van der Waals surface area contributed by atoms with E-state index < -0.39 is 14.6 Å². The number of sulfone groups is 1. The SMILES string of the molecule is CC1=NN(C)C(C(=O)N(C)CCC(C)(C)S(=O)(=O)c2cccc(C)c2)C1. The van der Waals surface area contributed by atoms with Gasteiger partial charge >= 0.3 is 0 Å². The zero-order valence-electron chi connectivity index (χ0n) is 16.5. The fraction of sp³-hybridized carbons (Fsp3) is 0.579. The summed E-state index contributed by atoms with van der Waals surface area (Å²) in [7, 11) is 0.0202. The maximum absolute atomic E-state index is 13.0. The molecule has 144 valence electrons. The summed E-state index contributed by atoms with van der Waals surface area (Å²) in [4.78, 5) is 14.6. The van der Waals surface area contributed by atoms with E-state index in [9.17, 15) is 13.2 Å². The third-order valence-electron chi connectivity index (χ3n) is 5.01. The van der Waals surface area contributed by atoms with Gasteiger partial charge < -0.3 is 4.90 Å². The van der Waals surface area contributed by atoms with Crippen molar-refractivity contribution in [1.29, 1.82) is 0 Å². The quantitative estimate of drug-likeness (QED) is 0.761. The molecule has 1 aromatic carbocycles. The van der Waals surface area contributed by atoms with Crippen LogP contribution in [0.5, 0.6) is 0 Å². The molecule has 1 unspecified atom stereocenters. The predicted molar refractivity (Wildman–Crippen MR) is 104 cm³/mol. The number of hydrogen-bond donors (Lipinski definition) is 0. The minimum atomic E-state index is -3.49. The van der Waals surface area contributed by atoms with Crippen LogP contribution in [-0.4, -0.2) is 61.4 Å². The summed E-state index contributed by atoms with van der Waals surface area (Å²) in [6.07, 6.45) is 0.979. The lowest BCUT2D eigenvalue weighted by atomic mass is 10.1. The van der Waals surface area contributed by atoms with Crippen molar-refractivity contribution in [3.05, 3.63) is 29.8 Å². The summed E-state index contributed by atoms with van der Waals surface area (Å²) < 4.78 is 25.1. The molecule has 0 aliphatic carbocycles. The minimum Gasteiger partial charge on any atom is -0.344 e. The molecule has 6 nitrogen and oxygen atoms in total. The maximum atomic E-state index is 13.0. The largest absolute Gasteiger partial charge is 0.344 e. The standard InChI is InChI=1S/C19H29N3O3S/c1-14-8-7-9-16(12-14)26(24,25)19(3,4)10-11-21(5)18(23)17-13-15(2)20-22(17)6/h7-9,12,17H,10-11,13H2,1-6H3. The fourth-order valence-corrected chi connectivity index (χ4v) is 4.67. The van der Waals surface area contributed by atoms with Gasteiger partial charge in [0.05, 0.1) is 9.64 Å². The van der Waals surface area contributed by atoms with Crippen molar-refractivity contribution in [3.63, 3.8) is 0 Å². The number of rotatable bonds is 6. The van der Waals surface area contributed by atoms with Crippen molar-refractivity contribution in [2.24, 2.45) is 5.10 Å². The van der Waals surface area contributed by atoms with Crippen molar-refractivity contribution in [1.82, 2.24) is 9.91 Å². The lowest BCUT2D eigenvalue weighted by Crippen LogP contribution is -2.44. The van der Waals surface area contributed by atoms with Gasteiger partial charge in [0.1, 0.15) is 6.04 Å². The highest BCUT2D eigenvalue weighted by atomic mass is 32.2. The Balaban J connectivity index is 2.06. The van der Waals surface area contributed by atoms with Crippen molar-refractivity contribution in [2.75, 3.05) is 20.6 Å². The van der Waals surface area contributed by atoms with E-state index in [0.717, 1.165) is 11.3 Å². The van der Waals surface area contributed by atoms with Crippen LogP contribution in [-0.2, 0) is 14.6 Å². The predicted octanol–water partition coefficient (Wildman–Crippen LogP) is 2.48. The van der Waals surface area contributed by atoms with Crippen molar-refractivity contribution >= 4 is 21.5 Å². The van der Waals surface area contributed by atoms with Gasteiger partial charge in [0.2, 0.25) is 5.91 Å². The van der Waals surface area contributed by atoms with Crippen LogP contribution in [0.25, 0.3) is 0 Å². The molecule has 1 aliphatic rings. The second kappa shape index (κ2) is 7.39. The fourth-order valence-electron chi connectivity index (χ4n) is 3.08. The molecule has 1 aliphatic heterocycles. The van der Waals surface area contributed by atoms with Crippen LogP contribution in [0.15, 0.2) is 34.3 Å². The third kappa shape index (κ3) is 4.09. The summed E-state index contributed by atoms with van der Waals surface area (Å²) in [6.45, 7) is 7.60. The smallest absolute Gasteiger partial charge is 0.247 e. The molecule has 0 bridgehead atoms. The number of benzene rings is 1. The molecule has 0 N–H and O–H groups in total. The average molecular weight is 380 g/mol. The highest BCUT2D eigenvalue weighted by Crippen LogP contribution is 2.29. The van der Waals surface area contributed by atoms with E-state index in [1.807, 2.05) is 19.9 Å². The van der Waals surface area contributed by atoms with Crippen LogP contribution in [0.1, 0.15) is 39.2 Å². The zero-order chi connectivity index (χ0) is 19.7. The Labute approximate surface area is 156 Å². The van der Waals surface area contributed by atoms with Crippen LogP contribution in [0, 0.1) is 6.92 Å². The minimum absolute atomic E-state index is 0.0307. The third-order valence-corrected chi connectivity index (χ3v) is 7.54. The molecular formula is C19H29N3O3S. The molecule has 2 rings (SSSR count). The summed E-state index contributed by atoms with van der Waals surface area (Å²) in [5.74, 6) is -0.0307. The summed E-state index contributed by atoms with van der Waals surface area (Å²) in [5, 5.41) is 5.96. The Morgan fingerprint density at radius 1 is 1.35 bits per heavy atom. The number of likely N-dealkylation sites (N-methyl/N-ethyl adjacent to an activating group) is 2. The van der Waals surface area contributed by atoms with Crippen molar-refractivity contribution in [3.8, 4) is 0 Å². The molecule has 26 heavy (non-hydrogen) atoms. The Kier molecular flexibility index (Phi) is 5.80. The number of carbonyl (C=O) groups is 1. The summed E-state index contributed by atoms with van der Waals surface area (Å²) >= 11 is 0. The lowest BCUT2D eigenvalue weighted by molar-refractivity contribution is -0.134. The molecule has 1 amide bonds. The van der Waals surface area contributed by atoms with Crippen LogP contribution in [0.4, 0.5) is 0 Å². The van der Waals surface area contributed by atoms with E-state index in [0.29, 0.717) is 24.3 Å². The van der Waals surface area contributed by atoms with E-state index in [2.05, 4.69) is 5.10 Å². The monoisotopic (exact) mass is 379 g/mol. The Bertz CT molecular complexity index is 815. The van der Waals surface area contributed by atoms with Gasteiger partial charge in [-0.05, 0) is 51.8 Å². The first-order valence-electron chi connectivity index (χ1n) is 8.79. The summed E-state index contributed by atoms with van der Waals surface area (Å²) in [5.41, 5.74) is 1.84. The van der Waals surface area contributed by atoms with Crippen LogP contribution in [0.3, 0.4) is 0 Å². The molecule has 0 aromatic heterocycles. The number of aryl methyl sites for hydroxylation is 1. The highest BCUT2D eigenvalue weighted by molar-refractivity contribution is 7.92. The molecule has 0 spiro atoms. The molecule has 0 radical (unpaired) electrons. The van der Waals surface area contributed by atoms with E-state index in [1.54, 1.807) is 56.1 Å². The second-order valence-corrected chi connectivity index (χ2v) is 10.3. The van der Waals surface area contributed by atoms with Crippen LogP contribution >= 0.6 is 0 Å². The zero-order valence-corrected chi connectivity index (χ0v) is 17.3. The number of hydrogen-bond acceptors (Lipinski definition) is 5. The van der Waals surface area contributed by atoms with Crippen LogP contribution < -0.4 is 0 Å². The van der Waals surface area contributed by atoms with Gasteiger partial charge in [-0.25, -0.2) is 8.42 Å². The first-order valence-corrected chi connectivity index (χ1v) is 10.3. The van der Waals surface area contributed by atoms with E-state index in [1.165, 1.54) is 0 Å². The Morgan fingerprint density at radius 2 is 2.00 bits per heavy atom. The molecular weight excluding hydrogens is 350 g/mol. The van der Waals surface area contributed by atoms with Crippen molar-refractivity contribution < 1.29 is 13.2 Å². The molecule has 0 fully saturated rings. The molecule has 0 saturated carbocycles. The Morgan fingerprint density at radius 3 is 2.54 bits per heavy atom. The first-order chi connectivity index (χ1) is 12.0. The second-order valence-electron chi connectivity index (χ2n) is 7.72. The van der Waals surface area contributed by atoms with Gasteiger partial charge in [-0.15, -0.1) is 0 Å².